The van der Waals surface area contributed by atoms with E-state index in [1.165, 1.54) is 12.1 Å². The molecule has 1 aromatic rings. The molecule has 9 heteroatoms. The number of carbonyl (C=O) groups is 4. The first-order chi connectivity index (χ1) is 9.95. The van der Waals surface area contributed by atoms with Gasteiger partial charge in [0.05, 0.1) is 17.5 Å². The summed E-state index contributed by atoms with van der Waals surface area (Å²) in [6, 6.07) is 6.01. The summed E-state index contributed by atoms with van der Waals surface area (Å²) in [5.74, 6) is -3.53. The zero-order valence-electron chi connectivity index (χ0n) is 10.6. The van der Waals surface area contributed by atoms with Crippen molar-refractivity contribution in [2.45, 2.75) is 12.5 Å². The second-order valence-corrected chi connectivity index (χ2v) is 4.15. The van der Waals surface area contributed by atoms with Crippen molar-refractivity contribution in [2.24, 2.45) is 5.73 Å². The summed E-state index contributed by atoms with van der Waals surface area (Å²) in [7, 11) is 4.71. The number of imide groups is 1. The summed E-state index contributed by atoms with van der Waals surface area (Å²) < 4.78 is 3.95. The van der Waals surface area contributed by atoms with Gasteiger partial charge in [-0.25, -0.2) is 4.84 Å². The van der Waals surface area contributed by atoms with Crippen molar-refractivity contribution in [3.8, 4) is 0 Å². The Labute approximate surface area is 120 Å². The van der Waals surface area contributed by atoms with Gasteiger partial charge in [0, 0.05) is 0 Å². The highest BCUT2D eigenvalue weighted by molar-refractivity contribution is 6.20. The van der Waals surface area contributed by atoms with Gasteiger partial charge in [-0.2, -0.15) is 0 Å². The average Bonchev–Trinajstić information content (AvgIpc) is 2.71. The molecule has 2 N–H and O–H groups in total. The van der Waals surface area contributed by atoms with Crippen LogP contribution in [0.2, 0.25) is 0 Å². The Kier molecular flexibility index (Phi) is 4.04. The molecule has 106 valence electrons. The Morgan fingerprint density at radius 3 is 2.14 bits per heavy atom. The number of carbonyl (C=O) groups excluding carboxylic acids is 4. The monoisotopic (exact) mass is 288 g/mol. The van der Waals surface area contributed by atoms with Crippen LogP contribution in [0.5, 0.6) is 0 Å². The van der Waals surface area contributed by atoms with Crippen molar-refractivity contribution in [1.29, 1.82) is 0 Å². The minimum Gasteiger partial charge on any atom is -0.541 e. The van der Waals surface area contributed by atoms with Crippen LogP contribution in [0, 0.1) is 0 Å². The van der Waals surface area contributed by atoms with Gasteiger partial charge in [0.2, 0.25) is 5.91 Å². The number of amides is 3. The second kappa shape index (κ2) is 5.75. The maximum absolute atomic E-state index is 12.0. The Hall–Kier alpha value is -2.68. The van der Waals surface area contributed by atoms with E-state index >= 15 is 0 Å². The van der Waals surface area contributed by atoms with Gasteiger partial charge in [-0.05, 0) is 12.1 Å². The Morgan fingerprint density at radius 1 is 1.19 bits per heavy atom. The number of hydrogen-bond acceptors (Lipinski definition) is 6. The van der Waals surface area contributed by atoms with Gasteiger partial charge >= 0.3 is 14.0 Å². The lowest BCUT2D eigenvalue weighted by atomic mass is 10.1. The Morgan fingerprint density at radius 2 is 1.71 bits per heavy atom. The highest BCUT2D eigenvalue weighted by Crippen LogP contribution is 2.23. The molecule has 1 aliphatic rings. The minimum absolute atomic E-state index is 0.126. The highest BCUT2D eigenvalue weighted by Gasteiger charge is 2.39. The molecule has 0 spiro atoms. The maximum atomic E-state index is 12.0. The van der Waals surface area contributed by atoms with Crippen molar-refractivity contribution < 1.29 is 28.7 Å². The van der Waals surface area contributed by atoms with Crippen LogP contribution in [-0.2, 0) is 19.1 Å². The number of hydrogen-bond donors (Lipinski definition) is 1. The van der Waals surface area contributed by atoms with Gasteiger partial charge in [-0.1, -0.05) is 12.1 Å². The molecule has 3 amide bonds. The fourth-order valence-electron chi connectivity index (χ4n) is 1.81. The molecule has 21 heavy (non-hydrogen) atoms. The molecule has 2 rings (SSSR count). The van der Waals surface area contributed by atoms with Crippen molar-refractivity contribution in [2.75, 3.05) is 0 Å². The molecule has 0 aromatic heterocycles. The Bertz CT molecular complexity index is 597. The van der Waals surface area contributed by atoms with E-state index in [0.29, 0.717) is 5.06 Å². The van der Waals surface area contributed by atoms with Gasteiger partial charge in [0.25, 0.3) is 11.8 Å². The van der Waals surface area contributed by atoms with Crippen molar-refractivity contribution >= 4 is 31.7 Å². The molecule has 0 saturated heterocycles. The smallest absolute Gasteiger partial charge is 0.378 e. The molecule has 1 aromatic carbocycles. The number of primary amides is 1. The molecule has 0 aliphatic carbocycles. The molecule has 2 radical (unpaired) electrons. The van der Waals surface area contributed by atoms with Crippen LogP contribution in [0.25, 0.3) is 0 Å². The molecule has 0 saturated carbocycles. The standard InChI is InChI=1S/C12H9BN2O6/c13-20-12(19)8(5-9(14)16)21-15-10(17)6-3-1-2-4-7(6)11(15)18/h1-4,8H,5H2,(H2,14,16)/t8-/m0/s1. The topological polar surface area (TPSA) is 116 Å². The average molecular weight is 288 g/mol. The SMILES string of the molecule is [B]OC(=O)[C@H](CC(N)=O)ON1C(=O)c2ccccc2C1=O. The van der Waals surface area contributed by atoms with Crippen LogP contribution in [0.15, 0.2) is 24.3 Å². The maximum Gasteiger partial charge on any atom is 0.378 e. The van der Waals surface area contributed by atoms with Gasteiger partial charge in [-0.15, -0.1) is 5.06 Å². The van der Waals surface area contributed by atoms with Crippen LogP contribution in [-0.4, -0.2) is 42.9 Å². The molecule has 0 unspecified atom stereocenters. The molecule has 8 nitrogen and oxygen atoms in total. The molecule has 1 atom stereocenters. The van der Waals surface area contributed by atoms with Crippen LogP contribution in [0.4, 0.5) is 0 Å². The van der Waals surface area contributed by atoms with E-state index in [9.17, 15) is 19.2 Å². The van der Waals surface area contributed by atoms with E-state index in [-0.39, 0.29) is 11.1 Å². The largest absolute Gasteiger partial charge is 0.541 e. The van der Waals surface area contributed by atoms with Crippen molar-refractivity contribution in [3.63, 3.8) is 0 Å². The number of nitrogens with two attached hydrogens (primary N) is 1. The van der Waals surface area contributed by atoms with Crippen LogP contribution >= 0.6 is 0 Å². The first-order valence-corrected chi connectivity index (χ1v) is 5.79. The van der Waals surface area contributed by atoms with E-state index < -0.39 is 36.2 Å². The summed E-state index contributed by atoms with van der Waals surface area (Å²) in [5.41, 5.74) is 5.21. The molecule has 0 bridgehead atoms. The second-order valence-electron chi connectivity index (χ2n) is 4.15. The summed E-state index contributed by atoms with van der Waals surface area (Å²) in [4.78, 5) is 51.3. The number of fused-ring (bicyclic) bond motifs is 1. The number of hydroxylamine groups is 2. The molecule has 1 heterocycles. The normalized spacial score (nSPS) is 14.8. The van der Waals surface area contributed by atoms with E-state index in [0.717, 1.165) is 0 Å². The van der Waals surface area contributed by atoms with Crippen molar-refractivity contribution in [3.05, 3.63) is 35.4 Å². The number of benzene rings is 1. The lowest BCUT2D eigenvalue weighted by molar-refractivity contribution is -0.174. The predicted molar refractivity (Wildman–Crippen MR) is 67.5 cm³/mol. The number of rotatable bonds is 5. The van der Waals surface area contributed by atoms with Gasteiger partial charge in [0.1, 0.15) is 0 Å². The first-order valence-electron chi connectivity index (χ1n) is 5.79. The van der Waals surface area contributed by atoms with Crippen LogP contribution in [0.3, 0.4) is 0 Å². The van der Waals surface area contributed by atoms with Crippen LogP contribution < -0.4 is 5.73 Å². The minimum atomic E-state index is -1.59. The van der Waals surface area contributed by atoms with Gasteiger partial charge in [-0.3, -0.25) is 19.2 Å². The third kappa shape index (κ3) is 2.77. The van der Waals surface area contributed by atoms with E-state index in [1.54, 1.807) is 12.1 Å². The predicted octanol–water partition coefficient (Wildman–Crippen LogP) is -0.915. The third-order valence-corrected chi connectivity index (χ3v) is 2.76. The van der Waals surface area contributed by atoms with Crippen molar-refractivity contribution in [1.82, 2.24) is 5.06 Å². The lowest BCUT2D eigenvalue weighted by Crippen LogP contribution is -2.40. The zero-order chi connectivity index (χ0) is 15.6. The molecular weight excluding hydrogens is 279 g/mol. The molecule has 0 fully saturated rings. The van der Waals surface area contributed by atoms with E-state index in [4.69, 9.17) is 18.6 Å². The third-order valence-electron chi connectivity index (χ3n) is 2.76. The first kappa shape index (κ1) is 14.7. The van der Waals surface area contributed by atoms with Gasteiger partial charge in [0.15, 0.2) is 6.10 Å². The summed E-state index contributed by atoms with van der Waals surface area (Å²) >= 11 is 0. The summed E-state index contributed by atoms with van der Waals surface area (Å²) in [6.45, 7) is 0. The van der Waals surface area contributed by atoms with E-state index in [1.807, 2.05) is 0 Å². The number of nitrogens with zero attached hydrogens (tertiary/aromatic N) is 1. The van der Waals surface area contributed by atoms with E-state index in [2.05, 4.69) is 4.65 Å². The quantitative estimate of drug-likeness (QED) is 0.553. The van der Waals surface area contributed by atoms with Gasteiger partial charge < -0.3 is 10.4 Å². The molecular formula is C12H9BN2O6. The zero-order valence-corrected chi connectivity index (χ0v) is 10.6. The summed E-state index contributed by atoms with van der Waals surface area (Å²) in [6.07, 6.45) is -2.18. The fraction of sp³-hybridized carbons (Fsp3) is 0.167. The fourth-order valence-corrected chi connectivity index (χ4v) is 1.81. The lowest BCUT2D eigenvalue weighted by Gasteiger charge is -2.19. The summed E-state index contributed by atoms with van der Waals surface area (Å²) in [5, 5.41) is 0.384. The Balaban J connectivity index is 2.23. The van der Waals surface area contributed by atoms with Crippen LogP contribution in [0.1, 0.15) is 27.1 Å². The molecule has 1 aliphatic heterocycles. The highest BCUT2D eigenvalue weighted by atomic mass is 16.7.